The molecule has 0 bridgehead atoms. The van der Waals surface area contributed by atoms with Crippen LogP contribution >= 0.6 is 0 Å². The SMILES string of the molecule is Cc1cc(COc2ccc(C3=NCCC3)cc2)cc(COc2ccc(C3=NCCC3)cc2)c1. The molecule has 4 heteroatoms. The largest absolute Gasteiger partial charge is 0.489 e. The average molecular weight is 439 g/mol. The van der Waals surface area contributed by atoms with E-state index >= 15 is 0 Å². The summed E-state index contributed by atoms with van der Waals surface area (Å²) in [5.41, 5.74) is 8.34. The Bertz CT molecular complexity index is 1070. The standard InChI is InChI=1S/C29H30N2O2/c1-21-16-22(19-32-26-10-6-24(7-11-26)28-4-2-14-30-28)18-23(17-21)20-33-27-12-8-25(9-13-27)29-5-3-15-31-29/h6-13,16-18H,2-5,14-15,19-20H2,1H3. The van der Waals surface area contributed by atoms with E-state index in [9.17, 15) is 0 Å². The molecule has 2 heterocycles. The summed E-state index contributed by atoms with van der Waals surface area (Å²) in [5.74, 6) is 1.76. The molecule has 0 spiro atoms. The highest BCUT2D eigenvalue weighted by atomic mass is 16.5. The fourth-order valence-corrected chi connectivity index (χ4v) is 4.49. The summed E-state index contributed by atoms with van der Waals surface area (Å²) in [4.78, 5) is 9.14. The van der Waals surface area contributed by atoms with Crippen LogP contribution in [0.15, 0.2) is 76.7 Å². The second-order valence-corrected chi connectivity index (χ2v) is 8.82. The van der Waals surface area contributed by atoms with Gasteiger partial charge in [0.1, 0.15) is 24.7 Å². The van der Waals surface area contributed by atoms with E-state index in [4.69, 9.17) is 9.47 Å². The molecule has 0 unspecified atom stereocenters. The number of hydrogen-bond donors (Lipinski definition) is 0. The Kier molecular flexibility index (Phi) is 6.52. The van der Waals surface area contributed by atoms with E-state index in [1.54, 1.807) is 0 Å². The molecule has 2 aliphatic heterocycles. The Morgan fingerprint density at radius 2 is 1.09 bits per heavy atom. The van der Waals surface area contributed by atoms with Crippen molar-refractivity contribution in [3.63, 3.8) is 0 Å². The lowest BCUT2D eigenvalue weighted by Crippen LogP contribution is -2.01. The number of benzene rings is 3. The average Bonchev–Trinajstić information content (AvgIpc) is 3.57. The first-order valence-corrected chi connectivity index (χ1v) is 11.9. The quantitative estimate of drug-likeness (QED) is 0.413. The number of rotatable bonds is 8. The van der Waals surface area contributed by atoms with Crippen LogP contribution in [0.25, 0.3) is 0 Å². The van der Waals surface area contributed by atoms with Crippen molar-refractivity contribution >= 4 is 11.4 Å². The molecule has 2 aliphatic rings. The zero-order chi connectivity index (χ0) is 22.5. The zero-order valence-electron chi connectivity index (χ0n) is 19.2. The maximum Gasteiger partial charge on any atom is 0.119 e. The predicted molar refractivity (Wildman–Crippen MR) is 134 cm³/mol. The van der Waals surface area contributed by atoms with Crippen LogP contribution in [0, 0.1) is 6.92 Å². The molecule has 0 radical (unpaired) electrons. The number of hydrogen-bond acceptors (Lipinski definition) is 4. The Labute approximate surface area is 196 Å². The number of aryl methyl sites for hydroxylation is 1. The van der Waals surface area contributed by atoms with Crippen molar-refractivity contribution in [1.82, 2.24) is 0 Å². The van der Waals surface area contributed by atoms with Crippen LogP contribution in [0.1, 0.15) is 53.5 Å². The van der Waals surface area contributed by atoms with Gasteiger partial charge >= 0.3 is 0 Å². The van der Waals surface area contributed by atoms with Crippen LogP contribution in [0.5, 0.6) is 11.5 Å². The molecule has 4 nitrogen and oxygen atoms in total. The van der Waals surface area contributed by atoms with E-state index in [2.05, 4.69) is 59.4 Å². The van der Waals surface area contributed by atoms with Gasteiger partial charge in [-0.1, -0.05) is 17.7 Å². The summed E-state index contributed by atoms with van der Waals surface area (Å²) >= 11 is 0. The first kappa shape index (κ1) is 21.4. The molecule has 0 atom stereocenters. The minimum absolute atomic E-state index is 0.534. The van der Waals surface area contributed by atoms with Crippen molar-refractivity contribution in [3.05, 3.63) is 94.5 Å². The summed E-state index contributed by atoms with van der Waals surface area (Å²) in [7, 11) is 0. The van der Waals surface area contributed by atoms with E-state index in [0.717, 1.165) is 61.4 Å². The van der Waals surface area contributed by atoms with Gasteiger partial charge in [-0.15, -0.1) is 0 Å². The molecule has 0 aromatic heterocycles. The fraction of sp³-hybridized carbons (Fsp3) is 0.310. The van der Waals surface area contributed by atoms with E-state index < -0.39 is 0 Å². The van der Waals surface area contributed by atoms with E-state index in [1.165, 1.54) is 28.1 Å². The van der Waals surface area contributed by atoms with Gasteiger partial charge in [0.15, 0.2) is 0 Å². The van der Waals surface area contributed by atoms with Crippen molar-refractivity contribution in [2.75, 3.05) is 13.1 Å². The Morgan fingerprint density at radius 3 is 1.48 bits per heavy atom. The zero-order valence-corrected chi connectivity index (χ0v) is 19.2. The highest BCUT2D eigenvalue weighted by Gasteiger charge is 2.10. The van der Waals surface area contributed by atoms with Gasteiger partial charge in [0, 0.05) is 24.5 Å². The third-order valence-corrected chi connectivity index (χ3v) is 6.13. The third kappa shape index (κ3) is 5.51. The second-order valence-electron chi connectivity index (χ2n) is 8.82. The van der Waals surface area contributed by atoms with Gasteiger partial charge in [-0.05, 0) is 109 Å². The van der Waals surface area contributed by atoms with Gasteiger partial charge in [-0.3, -0.25) is 9.98 Å². The van der Waals surface area contributed by atoms with Crippen molar-refractivity contribution in [2.45, 2.75) is 45.8 Å². The van der Waals surface area contributed by atoms with Crippen LogP contribution in [0.2, 0.25) is 0 Å². The summed E-state index contributed by atoms with van der Waals surface area (Å²) in [6.45, 7) is 5.08. The lowest BCUT2D eigenvalue weighted by molar-refractivity contribution is 0.299. The van der Waals surface area contributed by atoms with Gasteiger partial charge in [-0.25, -0.2) is 0 Å². The van der Waals surface area contributed by atoms with Gasteiger partial charge in [-0.2, -0.15) is 0 Å². The molecule has 0 saturated carbocycles. The van der Waals surface area contributed by atoms with Gasteiger partial charge in [0.2, 0.25) is 0 Å². The van der Waals surface area contributed by atoms with E-state index in [0.29, 0.717) is 13.2 Å². The first-order chi connectivity index (χ1) is 16.2. The molecular weight excluding hydrogens is 408 g/mol. The first-order valence-electron chi connectivity index (χ1n) is 11.9. The molecule has 3 aromatic carbocycles. The summed E-state index contributed by atoms with van der Waals surface area (Å²) in [6.07, 6.45) is 4.48. The van der Waals surface area contributed by atoms with E-state index in [1.807, 2.05) is 24.3 Å². The minimum atomic E-state index is 0.534. The topological polar surface area (TPSA) is 43.2 Å². The molecule has 33 heavy (non-hydrogen) atoms. The molecule has 0 fully saturated rings. The lowest BCUT2D eigenvalue weighted by atomic mass is 10.1. The Morgan fingerprint density at radius 1 is 0.636 bits per heavy atom. The third-order valence-electron chi connectivity index (χ3n) is 6.13. The normalized spacial score (nSPS) is 15.3. The molecule has 0 amide bonds. The molecule has 3 aromatic rings. The smallest absolute Gasteiger partial charge is 0.119 e. The molecule has 0 N–H and O–H groups in total. The highest BCUT2D eigenvalue weighted by molar-refractivity contribution is 6.02. The number of ether oxygens (including phenoxy) is 2. The van der Waals surface area contributed by atoms with Gasteiger partial charge < -0.3 is 9.47 Å². The van der Waals surface area contributed by atoms with Crippen LogP contribution in [-0.2, 0) is 13.2 Å². The van der Waals surface area contributed by atoms with Crippen LogP contribution in [0.4, 0.5) is 0 Å². The van der Waals surface area contributed by atoms with Crippen molar-refractivity contribution < 1.29 is 9.47 Å². The van der Waals surface area contributed by atoms with Crippen molar-refractivity contribution in [2.24, 2.45) is 9.98 Å². The Hall–Kier alpha value is -3.40. The van der Waals surface area contributed by atoms with E-state index in [-0.39, 0.29) is 0 Å². The molecule has 0 saturated heterocycles. The van der Waals surface area contributed by atoms with Crippen molar-refractivity contribution in [3.8, 4) is 11.5 Å². The van der Waals surface area contributed by atoms with Crippen LogP contribution < -0.4 is 9.47 Å². The van der Waals surface area contributed by atoms with Crippen molar-refractivity contribution in [1.29, 1.82) is 0 Å². The minimum Gasteiger partial charge on any atom is -0.489 e. The maximum atomic E-state index is 6.05. The number of nitrogens with zero attached hydrogens (tertiary/aromatic N) is 2. The molecule has 0 aliphatic carbocycles. The molecule has 168 valence electrons. The fourth-order valence-electron chi connectivity index (χ4n) is 4.49. The summed E-state index contributed by atoms with van der Waals surface area (Å²) in [5, 5.41) is 0. The molecular formula is C29H30N2O2. The second kappa shape index (κ2) is 10.0. The highest BCUT2D eigenvalue weighted by Crippen LogP contribution is 2.21. The predicted octanol–water partition coefficient (Wildman–Crippen LogP) is 6.32. The van der Waals surface area contributed by atoms with Gasteiger partial charge in [0.05, 0.1) is 0 Å². The summed E-state index contributed by atoms with van der Waals surface area (Å²) in [6, 6.07) is 23.1. The molecule has 5 rings (SSSR count). The number of aliphatic imine (C=N–C) groups is 2. The maximum absolute atomic E-state index is 6.05. The van der Waals surface area contributed by atoms with Crippen LogP contribution in [-0.4, -0.2) is 24.5 Å². The van der Waals surface area contributed by atoms with Gasteiger partial charge in [0.25, 0.3) is 0 Å². The lowest BCUT2D eigenvalue weighted by Gasteiger charge is -2.12. The van der Waals surface area contributed by atoms with Crippen LogP contribution in [0.3, 0.4) is 0 Å². The monoisotopic (exact) mass is 438 g/mol. The summed E-state index contributed by atoms with van der Waals surface area (Å²) < 4.78 is 12.1. The Balaban J connectivity index is 1.17.